The highest BCUT2D eigenvalue weighted by Gasteiger charge is 2.37. The van der Waals surface area contributed by atoms with Gasteiger partial charge in [-0.2, -0.15) is 0 Å². The molecular formula is C15H29N3O2. The fourth-order valence-electron chi connectivity index (χ4n) is 2.83. The minimum absolute atomic E-state index is 0.0968. The van der Waals surface area contributed by atoms with Crippen LogP contribution in [0.2, 0.25) is 0 Å². The molecule has 0 aromatic heterocycles. The molecule has 0 aromatic carbocycles. The van der Waals surface area contributed by atoms with Gasteiger partial charge in [-0.3, -0.25) is 9.59 Å². The number of carbonyl (C=O) groups is 2. The van der Waals surface area contributed by atoms with Gasteiger partial charge in [-0.15, -0.1) is 0 Å². The lowest BCUT2D eigenvalue weighted by Crippen LogP contribution is -2.50. The van der Waals surface area contributed by atoms with Crippen LogP contribution >= 0.6 is 0 Å². The van der Waals surface area contributed by atoms with E-state index in [4.69, 9.17) is 0 Å². The number of nitrogens with one attached hydrogen (secondary N) is 2. The highest BCUT2D eigenvalue weighted by molar-refractivity contribution is 5.84. The molecule has 1 atom stereocenters. The average molecular weight is 283 g/mol. The molecule has 1 aliphatic rings. The molecule has 1 unspecified atom stereocenters. The molecule has 0 spiro atoms. The third-order valence-corrected chi connectivity index (χ3v) is 4.37. The maximum absolute atomic E-state index is 12.4. The summed E-state index contributed by atoms with van der Waals surface area (Å²) < 4.78 is 0. The maximum atomic E-state index is 12.4. The number of carbonyl (C=O) groups excluding carboxylic acids is 2. The van der Waals surface area contributed by atoms with Gasteiger partial charge in [0.25, 0.3) is 0 Å². The van der Waals surface area contributed by atoms with Gasteiger partial charge in [0.15, 0.2) is 0 Å². The molecule has 5 heteroatoms. The second kappa shape index (κ2) is 8.25. The van der Waals surface area contributed by atoms with E-state index in [1.807, 2.05) is 13.8 Å². The molecule has 1 saturated heterocycles. The van der Waals surface area contributed by atoms with Crippen LogP contribution in [-0.2, 0) is 9.59 Å². The molecule has 0 aromatic rings. The summed E-state index contributed by atoms with van der Waals surface area (Å²) in [6.07, 6.45) is 3.21. The van der Waals surface area contributed by atoms with Gasteiger partial charge in [-0.25, -0.2) is 0 Å². The smallest absolute Gasteiger partial charge is 0.227 e. The zero-order valence-electron chi connectivity index (χ0n) is 13.1. The molecule has 5 nitrogen and oxygen atoms in total. The molecule has 0 bridgehead atoms. The van der Waals surface area contributed by atoms with Gasteiger partial charge in [0, 0.05) is 32.6 Å². The third kappa shape index (κ3) is 4.20. The normalized spacial score (nSPS) is 22.4. The summed E-state index contributed by atoms with van der Waals surface area (Å²) in [4.78, 5) is 26.0. The Bertz CT molecular complexity index is 321. The van der Waals surface area contributed by atoms with Gasteiger partial charge in [-0.05, 0) is 39.7 Å². The number of amides is 2. The van der Waals surface area contributed by atoms with E-state index in [0.29, 0.717) is 13.0 Å². The highest BCUT2D eigenvalue weighted by Crippen LogP contribution is 2.30. The lowest BCUT2D eigenvalue weighted by molar-refractivity contribution is -0.133. The van der Waals surface area contributed by atoms with Crippen LogP contribution in [0, 0.1) is 5.41 Å². The van der Waals surface area contributed by atoms with E-state index in [1.54, 1.807) is 4.90 Å². The van der Waals surface area contributed by atoms with E-state index in [1.165, 1.54) is 0 Å². The van der Waals surface area contributed by atoms with E-state index >= 15 is 0 Å². The molecule has 0 radical (unpaired) electrons. The van der Waals surface area contributed by atoms with Crippen molar-refractivity contribution in [3.8, 4) is 0 Å². The fraction of sp³-hybridized carbons (Fsp3) is 0.867. The van der Waals surface area contributed by atoms with Gasteiger partial charge in [-0.1, -0.05) is 6.92 Å². The Morgan fingerprint density at radius 2 is 1.95 bits per heavy atom. The Balaban J connectivity index is 2.40. The lowest BCUT2D eigenvalue weighted by Gasteiger charge is -2.35. The fourth-order valence-corrected chi connectivity index (χ4v) is 2.83. The van der Waals surface area contributed by atoms with Crippen LogP contribution in [0.5, 0.6) is 0 Å². The van der Waals surface area contributed by atoms with Crippen molar-refractivity contribution >= 4 is 11.8 Å². The van der Waals surface area contributed by atoms with Gasteiger partial charge in [0.05, 0.1) is 5.41 Å². The zero-order chi connectivity index (χ0) is 15.0. The van der Waals surface area contributed by atoms with Gasteiger partial charge in [0.1, 0.15) is 0 Å². The predicted octanol–water partition coefficient (Wildman–Crippen LogP) is 1.14. The second-order valence-electron chi connectivity index (χ2n) is 5.49. The van der Waals surface area contributed by atoms with Crippen LogP contribution in [-0.4, -0.2) is 49.4 Å². The standard InChI is InChI=1S/C15H29N3O2/c1-4-15(9-7-10-16-12-15)14(20)17-11-8-13(19)18(5-2)6-3/h16H,4-12H2,1-3H3,(H,17,20). The first-order chi connectivity index (χ1) is 9.59. The molecule has 1 rings (SSSR count). The molecule has 2 N–H and O–H groups in total. The summed E-state index contributed by atoms with van der Waals surface area (Å²) in [6.45, 7) is 9.65. The van der Waals surface area contributed by atoms with E-state index in [0.717, 1.165) is 45.4 Å². The summed E-state index contributed by atoms with van der Waals surface area (Å²) in [7, 11) is 0. The minimum Gasteiger partial charge on any atom is -0.355 e. The van der Waals surface area contributed by atoms with Gasteiger partial charge < -0.3 is 15.5 Å². The number of nitrogens with zero attached hydrogens (tertiary/aromatic N) is 1. The van der Waals surface area contributed by atoms with Crippen molar-refractivity contribution in [3.63, 3.8) is 0 Å². The number of piperidine rings is 1. The molecule has 0 saturated carbocycles. The SMILES string of the molecule is CCN(CC)C(=O)CCNC(=O)C1(CC)CCCNC1. The summed E-state index contributed by atoms with van der Waals surface area (Å²) in [6, 6.07) is 0. The molecule has 0 aliphatic carbocycles. The topological polar surface area (TPSA) is 61.4 Å². The third-order valence-electron chi connectivity index (χ3n) is 4.37. The highest BCUT2D eigenvalue weighted by atomic mass is 16.2. The lowest BCUT2D eigenvalue weighted by atomic mass is 9.77. The monoisotopic (exact) mass is 283 g/mol. The van der Waals surface area contributed by atoms with Crippen LogP contribution < -0.4 is 10.6 Å². The van der Waals surface area contributed by atoms with Crippen LogP contribution in [0.1, 0.15) is 46.5 Å². The molecule has 1 aliphatic heterocycles. The zero-order valence-corrected chi connectivity index (χ0v) is 13.1. The summed E-state index contributed by atoms with van der Waals surface area (Å²) in [5.74, 6) is 0.210. The Labute approximate surface area is 122 Å². The first kappa shape index (κ1) is 17.0. The minimum atomic E-state index is -0.281. The van der Waals surface area contributed by atoms with Crippen molar-refractivity contribution in [3.05, 3.63) is 0 Å². The molecule has 1 heterocycles. The van der Waals surface area contributed by atoms with E-state index < -0.39 is 0 Å². The summed E-state index contributed by atoms with van der Waals surface area (Å²) >= 11 is 0. The molecular weight excluding hydrogens is 254 g/mol. The van der Waals surface area contributed by atoms with Gasteiger partial charge in [0.2, 0.25) is 11.8 Å². The Morgan fingerprint density at radius 3 is 2.45 bits per heavy atom. The Morgan fingerprint density at radius 1 is 1.25 bits per heavy atom. The first-order valence-corrected chi connectivity index (χ1v) is 7.86. The van der Waals surface area contributed by atoms with Crippen molar-refractivity contribution in [2.24, 2.45) is 5.41 Å². The van der Waals surface area contributed by atoms with E-state index in [2.05, 4.69) is 17.6 Å². The van der Waals surface area contributed by atoms with E-state index in [9.17, 15) is 9.59 Å². The van der Waals surface area contributed by atoms with Crippen molar-refractivity contribution in [1.29, 1.82) is 0 Å². The Hall–Kier alpha value is -1.10. The number of rotatable bonds is 7. The van der Waals surface area contributed by atoms with Crippen LogP contribution in [0.15, 0.2) is 0 Å². The predicted molar refractivity (Wildman–Crippen MR) is 80.4 cm³/mol. The Kier molecular flexibility index (Phi) is 6.99. The molecule has 2 amide bonds. The molecule has 20 heavy (non-hydrogen) atoms. The van der Waals surface area contributed by atoms with Crippen molar-refractivity contribution < 1.29 is 9.59 Å². The number of hydrogen-bond donors (Lipinski definition) is 2. The number of hydrogen-bond acceptors (Lipinski definition) is 3. The van der Waals surface area contributed by atoms with E-state index in [-0.39, 0.29) is 17.2 Å². The van der Waals surface area contributed by atoms with Crippen molar-refractivity contribution in [1.82, 2.24) is 15.5 Å². The van der Waals surface area contributed by atoms with Crippen LogP contribution in [0.4, 0.5) is 0 Å². The summed E-state index contributed by atoms with van der Waals surface area (Å²) in [5.41, 5.74) is -0.281. The van der Waals surface area contributed by atoms with Crippen LogP contribution in [0.25, 0.3) is 0 Å². The largest absolute Gasteiger partial charge is 0.355 e. The second-order valence-corrected chi connectivity index (χ2v) is 5.49. The first-order valence-electron chi connectivity index (χ1n) is 7.86. The van der Waals surface area contributed by atoms with Crippen molar-refractivity contribution in [2.75, 3.05) is 32.7 Å². The maximum Gasteiger partial charge on any atom is 0.227 e. The quantitative estimate of drug-likeness (QED) is 0.736. The molecule has 1 fully saturated rings. The average Bonchev–Trinajstić information content (AvgIpc) is 2.49. The molecule has 116 valence electrons. The van der Waals surface area contributed by atoms with Crippen molar-refractivity contribution in [2.45, 2.75) is 46.5 Å². The van der Waals surface area contributed by atoms with Gasteiger partial charge >= 0.3 is 0 Å². The summed E-state index contributed by atoms with van der Waals surface area (Å²) in [5, 5.41) is 6.26. The van der Waals surface area contributed by atoms with Crippen LogP contribution in [0.3, 0.4) is 0 Å².